The second-order valence-corrected chi connectivity index (χ2v) is 9.11. The number of anilines is 1. The van der Waals surface area contributed by atoms with Gasteiger partial charge in [0.1, 0.15) is 0 Å². The number of rotatable bonds is 4. The van der Waals surface area contributed by atoms with Crippen molar-refractivity contribution < 1.29 is 9.59 Å². The summed E-state index contributed by atoms with van der Waals surface area (Å²) in [6.07, 6.45) is 6.27. The van der Waals surface area contributed by atoms with Crippen LogP contribution in [0.4, 0.5) is 5.69 Å². The number of nitrogens with zero attached hydrogens (tertiary/aromatic N) is 3. The van der Waals surface area contributed by atoms with Crippen LogP contribution < -0.4 is 10.6 Å². The summed E-state index contributed by atoms with van der Waals surface area (Å²) in [5.41, 5.74) is 11.0. The summed E-state index contributed by atoms with van der Waals surface area (Å²) in [5, 5.41) is 1.93. The Hall–Kier alpha value is -3.35. The molecule has 4 heterocycles. The van der Waals surface area contributed by atoms with Gasteiger partial charge in [0, 0.05) is 53.4 Å². The van der Waals surface area contributed by atoms with Crippen LogP contribution in [0.3, 0.4) is 0 Å². The van der Waals surface area contributed by atoms with Crippen molar-refractivity contribution in [3.63, 3.8) is 0 Å². The minimum atomic E-state index is -0.272. The van der Waals surface area contributed by atoms with E-state index in [2.05, 4.69) is 10.6 Å². The molecule has 0 saturated heterocycles. The van der Waals surface area contributed by atoms with E-state index in [1.807, 2.05) is 60.3 Å². The first kappa shape index (κ1) is 22.4. The van der Waals surface area contributed by atoms with Crippen molar-refractivity contribution in [1.82, 2.24) is 9.13 Å². The Morgan fingerprint density at radius 1 is 1.00 bits per heavy atom. The zero-order valence-corrected chi connectivity index (χ0v) is 19.8. The molecule has 6 nitrogen and oxygen atoms in total. The molecule has 2 amide bonds. The molecule has 2 aliphatic rings. The van der Waals surface area contributed by atoms with E-state index in [-0.39, 0.29) is 24.2 Å². The molecule has 1 unspecified atom stereocenters. The van der Waals surface area contributed by atoms with E-state index < -0.39 is 0 Å². The van der Waals surface area contributed by atoms with Crippen LogP contribution in [0.25, 0.3) is 27.4 Å². The lowest BCUT2D eigenvalue weighted by Crippen LogP contribution is -2.32. The summed E-state index contributed by atoms with van der Waals surface area (Å²) in [6, 6.07) is 16.0. The lowest BCUT2D eigenvalue weighted by atomic mass is 9.94. The number of hydrogen-bond acceptors (Lipinski definition) is 3. The van der Waals surface area contributed by atoms with Crippen LogP contribution in [0.1, 0.15) is 24.1 Å². The molecule has 2 aromatic carbocycles. The number of hydrogen-bond donors (Lipinski definition) is 1. The minimum Gasteiger partial charge on any atom is -0.350 e. The Labute approximate surface area is 204 Å². The van der Waals surface area contributed by atoms with Crippen molar-refractivity contribution in [3.05, 3.63) is 72.1 Å². The third kappa shape index (κ3) is 3.21. The Kier molecular flexibility index (Phi) is 5.58. The molecule has 0 bridgehead atoms. The number of carbonyl (C=O) groups is 2. The molecule has 4 aromatic rings. The zero-order chi connectivity index (χ0) is 22.7. The van der Waals surface area contributed by atoms with Crippen molar-refractivity contribution in [3.8, 4) is 0 Å². The van der Waals surface area contributed by atoms with E-state index in [0.29, 0.717) is 18.0 Å². The van der Waals surface area contributed by atoms with Gasteiger partial charge in [0.05, 0.1) is 16.8 Å². The largest absolute Gasteiger partial charge is 0.350 e. The first-order valence-electron chi connectivity index (χ1n) is 11.5. The van der Waals surface area contributed by atoms with Gasteiger partial charge in [-0.3, -0.25) is 9.59 Å². The predicted molar refractivity (Wildman–Crippen MR) is 138 cm³/mol. The first-order chi connectivity index (χ1) is 16.1. The van der Waals surface area contributed by atoms with E-state index in [9.17, 15) is 9.59 Å². The van der Waals surface area contributed by atoms with Crippen molar-refractivity contribution in [2.45, 2.75) is 25.8 Å². The fraction of sp³-hybridized carbons (Fsp3) is 0.259. The van der Waals surface area contributed by atoms with Gasteiger partial charge in [-0.2, -0.15) is 0 Å². The fourth-order valence-electron chi connectivity index (χ4n) is 5.64. The Morgan fingerprint density at radius 2 is 1.71 bits per heavy atom. The molecule has 2 N–H and O–H groups in total. The number of halogens is 1. The molecule has 0 aliphatic carbocycles. The van der Waals surface area contributed by atoms with Gasteiger partial charge in [0.15, 0.2) is 0 Å². The average molecular weight is 475 g/mol. The third-order valence-electron chi connectivity index (χ3n) is 7.19. The molecular formula is C27H27ClN4O2. The second kappa shape index (κ2) is 8.46. The molecule has 1 atom stereocenters. The summed E-state index contributed by atoms with van der Waals surface area (Å²) >= 11 is 0. The number of aromatic nitrogens is 2. The SMILES string of the molecule is Cl.Cn1cc(C2=CC(=O)N(c3c4n(c5ccccc35)CC(CCN)CC4)C2=O)c2ccccc21. The Morgan fingerprint density at radius 3 is 2.47 bits per heavy atom. The van der Waals surface area contributed by atoms with Gasteiger partial charge < -0.3 is 14.9 Å². The van der Waals surface area contributed by atoms with Gasteiger partial charge in [-0.05, 0) is 43.9 Å². The Bertz CT molecular complexity index is 1480. The molecule has 7 heteroatoms. The molecule has 0 saturated carbocycles. The van der Waals surface area contributed by atoms with E-state index in [1.54, 1.807) is 0 Å². The van der Waals surface area contributed by atoms with Crippen molar-refractivity contribution in [2.75, 3.05) is 11.4 Å². The van der Waals surface area contributed by atoms with Crippen LogP contribution in [-0.4, -0.2) is 27.5 Å². The highest BCUT2D eigenvalue weighted by atomic mass is 35.5. The lowest BCUT2D eigenvalue weighted by molar-refractivity contribution is -0.119. The summed E-state index contributed by atoms with van der Waals surface area (Å²) in [5.74, 6) is -0.00809. The normalized spacial score (nSPS) is 17.9. The molecule has 0 fully saturated rings. The van der Waals surface area contributed by atoms with Crippen molar-refractivity contribution >= 4 is 57.3 Å². The number of carbonyl (C=O) groups excluding carboxylic acids is 2. The van der Waals surface area contributed by atoms with E-state index in [1.165, 1.54) is 11.0 Å². The molecule has 0 radical (unpaired) electrons. The third-order valence-corrected chi connectivity index (χ3v) is 7.19. The maximum Gasteiger partial charge on any atom is 0.266 e. The topological polar surface area (TPSA) is 73.3 Å². The van der Waals surface area contributed by atoms with Gasteiger partial charge in [-0.1, -0.05) is 36.4 Å². The lowest BCUT2D eigenvalue weighted by Gasteiger charge is -2.26. The maximum absolute atomic E-state index is 13.8. The van der Waals surface area contributed by atoms with Crippen LogP contribution in [0.5, 0.6) is 0 Å². The van der Waals surface area contributed by atoms with Crippen molar-refractivity contribution in [1.29, 1.82) is 0 Å². The van der Waals surface area contributed by atoms with Crippen molar-refractivity contribution in [2.24, 2.45) is 18.7 Å². The standard InChI is InChI=1S/C27H26N4O2.ClH/c1-29-16-21(18-6-2-4-8-22(18)29)20-14-25(32)31(27(20)33)26-19-7-3-5-9-23(19)30-15-17(12-13-28)10-11-24(26)30;/h2-9,14,16-17H,10-13,15,28H2,1H3;1H. The quantitative estimate of drug-likeness (QED) is 0.445. The number of aryl methyl sites for hydroxylation is 1. The van der Waals surface area contributed by atoms with Gasteiger partial charge in [-0.25, -0.2) is 4.90 Å². The maximum atomic E-state index is 13.8. The monoisotopic (exact) mass is 474 g/mol. The Balaban J connectivity index is 0.00000241. The highest BCUT2D eigenvalue weighted by molar-refractivity contribution is 6.45. The van der Waals surface area contributed by atoms with Crippen LogP contribution in [0.2, 0.25) is 0 Å². The van der Waals surface area contributed by atoms with Crippen LogP contribution in [0.15, 0.2) is 60.8 Å². The van der Waals surface area contributed by atoms with E-state index in [4.69, 9.17) is 5.73 Å². The number of amides is 2. The summed E-state index contributed by atoms with van der Waals surface area (Å²) < 4.78 is 4.30. The van der Waals surface area contributed by atoms with Crippen LogP contribution in [-0.2, 0) is 29.6 Å². The highest BCUT2D eigenvalue weighted by Gasteiger charge is 2.38. The molecule has 6 rings (SSSR count). The van der Waals surface area contributed by atoms with Gasteiger partial charge >= 0.3 is 0 Å². The summed E-state index contributed by atoms with van der Waals surface area (Å²) in [6.45, 7) is 1.54. The number of fused-ring (bicyclic) bond motifs is 4. The van der Waals surface area contributed by atoms with Gasteiger partial charge in [-0.15, -0.1) is 12.4 Å². The predicted octanol–water partition coefficient (Wildman–Crippen LogP) is 4.42. The molecule has 34 heavy (non-hydrogen) atoms. The average Bonchev–Trinajstić information content (AvgIpc) is 3.43. The molecule has 2 aromatic heterocycles. The summed E-state index contributed by atoms with van der Waals surface area (Å²) in [7, 11) is 1.96. The van der Waals surface area contributed by atoms with Crippen LogP contribution in [0, 0.1) is 5.92 Å². The number of imide groups is 1. The smallest absolute Gasteiger partial charge is 0.266 e. The zero-order valence-electron chi connectivity index (χ0n) is 19.0. The van der Waals surface area contributed by atoms with Gasteiger partial charge in [0.2, 0.25) is 0 Å². The second-order valence-electron chi connectivity index (χ2n) is 9.11. The minimum absolute atomic E-state index is 0. The highest BCUT2D eigenvalue weighted by Crippen LogP contribution is 2.42. The molecular weight excluding hydrogens is 448 g/mol. The van der Waals surface area contributed by atoms with E-state index in [0.717, 1.165) is 64.6 Å². The van der Waals surface area contributed by atoms with E-state index >= 15 is 0 Å². The number of nitrogens with two attached hydrogens (primary N) is 1. The van der Waals surface area contributed by atoms with Gasteiger partial charge in [0.25, 0.3) is 11.8 Å². The fourth-order valence-corrected chi connectivity index (χ4v) is 5.64. The number of benzene rings is 2. The van der Waals surface area contributed by atoms with Crippen LogP contribution >= 0.6 is 12.4 Å². The summed E-state index contributed by atoms with van der Waals surface area (Å²) in [4.78, 5) is 28.5. The molecule has 174 valence electrons. The molecule has 0 spiro atoms. The first-order valence-corrected chi connectivity index (χ1v) is 11.5. The number of para-hydroxylation sites is 2. The molecule has 2 aliphatic heterocycles.